The Bertz CT molecular complexity index is 990. The predicted molar refractivity (Wildman–Crippen MR) is 128 cm³/mol. The molecule has 172 valence electrons. The van der Waals surface area contributed by atoms with Crippen LogP contribution in [0.15, 0.2) is 30.3 Å². The number of rotatable bonds is 4. The van der Waals surface area contributed by atoms with Crippen LogP contribution in [0.25, 0.3) is 0 Å². The van der Waals surface area contributed by atoms with Crippen molar-refractivity contribution in [1.29, 1.82) is 0 Å². The number of aryl methyl sites for hydroxylation is 1. The first kappa shape index (κ1) is 22.8. The summed E-state index contributed by atoms with van der Waals surface area (Å²) in [5.41, 5.74) is 6.69. The molecular formula is C27H35FN2O2. The van der Waals surface area contributed by atoms with E-state index in [9.17, 15) is 9.18 Å². The van der Waals surface area contributed by atoms with Crippen molar-refractivity contribution in [2.75, 3.05) is 30.0 Å². The lowest BCUT2D eigenvalue weighted by atomic mass is 9.87. The van der Waals surface area contributed by atoms with E-state index < -0.39 is 0 Å². The molecule has 5 heteroatoms. The van der Waals surface area contributed by atoms with Gasteiger partial charge in [-0.2, -0.15) is 0 Å². The van der Waals surface area contributed by atoms with E-state index in [0.29, 0.717) is 12.3 Å². The van der Waals surface area contributed by atoms with Gasteiger partial charge in [-0.05, 0) is 84.0 Å². The van der Waals surface area contributed by atoms with Crippen LogP contribution >= 0.6 is 0 Å². The first-order valence-electron chi connectivity index (χ1n) is 11.7. The third-order valence-corrected chi connectivity index (χ3v) is 6.51. The van der Waals surface area contributed by atoms with E-state index in [1.807, 2.05) is 6.07 Å². The largest absolute Gasteiger partial charge is 0.381 e. The quantitative estimate of drug-likeness (QED) is 0.640. The van der Waals surface area contributed by atoms with E-state index in [2.05, 4.69) is 50.0 Å². The van der Waals surface area contributed by atoms with Gasteiger partial charge in [0.2, 0.25) is 5.91 Å². The molecule has 0 atom stereocenters. The first-order chi connectivity index (χ1) is 15.2. The minimum atomic E-state index is -0.162. The molecule has 1 amide bonds. The summed E-state index contributed by atoms with van der Waals surface area (Å²) >= 11 is 0. The fraction of sp³-hybridized carbons (Fsp3) is 0.519. The summed E-state index contributed by atoms with van der Waals surface area (Å²) in [6.45, 7) is 11.5. The van der Waals surface area contributed by atoms with Crippen LogP contribution in [0.4, 0.5) is 15.8 Å². The minimum absolute atomic E-state index is 0.0581. The topological polar surface area (TPSA) is 41.6 Å². The Morgan fingerprint density at radius 1 is 1.16 bits per heavy atom. The molecule has 32 heavy (non-hydrogen) atoms. The van der Waals surface area contributed by atoms with Crippen LogP contribution < -0.4 is 10.2 Å². The number of hydrogen-bond donors (Lipinski definition) is 1. The molecule has 2 heterocycles. The van der Waals surface area contributed by atoms with E-state index in [1.165, 1.54) is 16.8 Å². The highest BCUT2D eigenvalue weighted by Crippen LogP contribution is 2.39. The highest BCUT2D eigenvalue weighted by molar-refractivity contribution is 5.93. The summed E-state index contributed by atoms with van der Waals surface area (Å²) < 4.78 is 19.2. The molecule has 0 aromatic heterocycles. The SMILES string of the molecule is Cc1cc(N2CCc3cc(F)ccc3C2)cc(C2CCOCC2)c1NC(=O)CC(C)(C)C. The summed E-state index contributed by atoms with van der Waals surface area (Å²) in [4.78, 5) is 15.2. The lowest BCUT2D eigenvalue weighted by Gasteiger charge is -2.33. The Morgan fingerprint density at radius 2 is 1.91 bits per heavy atom. The maximum atomic E-state index is 13.6. The van der Waals surface area contributed by atoms with Crippen molar-refractivity contribution in [1.82, 2.24) is 0 Å². The molecule has 1 N–H and O–H groups in total. The number of nitrogens with zero attached hydrogens (tertiary/aromatic N) is 1. The summed E-state index contributed by atoms with van der Waals surface area (Å²) in [7, 11) is 0. The maximum Gasteiger partial charge on any atom is 0.224 e. The molecule has 2 aromatic rings. The minimum Gasteiger partial charge on any atom is -0.381 e. The number of anilines is 2. The standard InChI is InChI=1S/C27H35FN2O2/c1-18-13-23(30-10-7-20-14-22(28)6-5-21(20)17-30)15-24(19-8-11-32-12-9-19)26(18)29-25(31)16-27(2,3)4/h5-6,13-15,19H,7-12,16-17H2,1-4H3,(H,29,31). The van der Waals surface area contributed by atoms with Crippen LogP contribution in [-0.4, -0.2) is 25.7 Å². The van der Waals surface area contributed by atoms with E-state index in [0.717, 1.165) is 62.4 Å². The molecule has 2 aromatic carbocycles. The molecule has 2 aliphatic heterocycles. The van der Waals surface area contributed by atoms with Gasteiger partial charge in [0.15, 0.2) is 0 Å². The van der Waals surface area contributed by atoms with Crippen molar-refractivity contribution in [3.05, 3.63) is 58.4 Å². The Labute approximate surface area is 191 Å². The second-order valence-electron chi connectivity index (χ2n) is 10.5. The molecule has 0 bridgehead atoms. The van der Waals surface area contributed by atoms with E-state index in [1.54, 1.807) is 12.1 Å². The van der Waals surface area contributed by atoms with E-state index in [4.69, 9.17) is 4.74 Å². The number of fused-ring (bicyclic) bond motifs is 1. The summed E-state index contributed by atoms with van der Waals surface area (Å²) in [6, 6.07) is 9.58. The number of carbonyl (C=O) groups is 1. The van der Waals surface area contributed by atoms with Gasteiger partial charge >= 0.3 is 0 Å². The van der Waals surface area contributed by atoms with Gasteiger partial charge < -0.3 is 15.0 Å². The van der Waals surface area contributed by atoms with Gasteiger partial charge in [-0.15, -0.1) is 0 Å². The second kappa shape index (κ2) is 9.22. The smallest absolute Gasteiger partial charge is 0.224 e. The van der Waals surface area contributed by atoms with Gasteiger partial charge in [0.25, 0.3) is 0 Å². The van der Waals surface area contributed by atoms with Crippen LogP contribution in [0, 0.1) is 18.2 Å². The third kappa shape index (κ3) is 5.32. The average Bonchev–Trinajstić information content (AvgIpc) is 2.74. The summed E-state index contributed by atoms with van der Waals surface area (Å²) in [5, 5.41) is 3.24. The monoisotopic (exact) mass is 438 g/mol. The Hall–Kier alpha value is -2.40. The zero-order valence-electron chi connectivity index (χ0n) is 19.8. The molecule has 1 saturated heterocycles. The van der Waals surface area contributed by atoms with Crippen molar-refractivity contribution < 1.29 is 13.9 Å². The van der Waals surface area contributed by atoms with Crippen LogP contribution in [0.5, 0.6) is 0 Å². The van der Waals surface area contributed by atoms with Crippen molar-refractivity contribution in [2.45, 2.75) is 65.8 Å². The lowest BCUT2D eigenvalue weighted by molar-refractivity contribution is -0.117. The highest BCUT2D eigenvalue weighted by Gasteiger charge is 2.25. The number of halogens is 1. The molecule has 1 fully saturated rings. The zero-order chi connectivity index (χ0) is 22.9. The van der Waals surface area contributed by atoms with Gasteiger partial charge in [-0.25, -0.2) is 4.39 Å². The van der Waals surface area contributed by atoms with Gasteiger partial charge in [0.1, 0.15) is 5.82 Å². The number of amides is 1. The highest BCUT2D eigenvalue weighted by atomic mass is 19.1. The van der Waals surface area contributed by atoms with Crippen LogP contribution in [-0.2, 0) is 22.5 Å². The lowest BCUT2D eigenvalue weighted by Crippen LogP contribution is -2.31. The Morgan fingerprint density at radius 3 is 2.62 bits per heavy atom. The van der Waals surface area contributed by atoms with Crippen molar-refractivity contribution in [3.63, 3.8) is 0 Å². The summed E-state index contributed by atoms with van der Waals surface area (Å²) in [6.07, 6.45) is 3.25. The molecule has 0 radical (unpaired) electrons. The van der Waals surface area contributed by atoms with Crippen LogP contribution in [0.2, 0.25) is 0 Å². The number of hydrogen-bond acceptors (Lipinski definition) is 3. The molecule has 0 spiro atoms. The Kier molecular flexibility index (Phi) is 6.57. The number of ether oxygens (including phenoxy) is 1. The second-order valence-corrected chi connectivity index (χ2v) is 10.5. The van der Waals surface area contributed by atoms with Gasteiger partial charge in [-0.1, -0.05) is 26.8 Å². The van der Waals surface area contributed by atoms with Gasteiger partial charge in [-0.3, -0.25) is 4.79 Å². The van der Waals surface area contributed by atoms with Crippen molar-refractivity contribution in [2.24, 2.45) is 5.41 Å². The molecule has 0 saturated carbocycles. The predicted octanol–water partition coefficient (Wildman–Crippen LogP) is 5.97. The molecule has 0 aliphatic carbocycles. The fourth-order valence-corrected chi connectivity index (χ4v) is 4.89. The third-order valence-electron chi connectivity index (χ3n) is 6.51. The fourth-order valence-electron chi connectivity index (χ4n) is 4.89. The number of nitrogens with one attached hydrogen (secondary N) is 1. The first-order valence-corrected chi connectivity index (χ1v) is 11.7. The zero-order valence-corrected chi connectivity index (χ0v) is 19.8. The van der Waals surface area contributed by atoms with Gasteiger partial charge in [0.05, 0.1) is 0 Å². The summed E-state index contributed by atoms with van der Waals surface area (Å²) in [5.74, 6) is 0.277. The molecular weight excluding hydrogens is 403 g/mol. The van der Waals surface area contributed by atoms with Crippen molar-refractivity contribution in [3.8, 4) is 0 Å². The van der Waals surface area contributed by atoms with Crippen LogP contribution in [0.3, 0.4) is 0 Å². The molecule has 4 rings (SSSR count). The number of carbonyl (C=O) groups excluding carboxylic acids is 1. The average molecular weight is 439 g/mol. The molecule has 2 aliphatic rings. The maximum absolute atomic E-state index is 13.6. The normalized spacial score (nSPS) is 17.2. The van der Waals surface area contributed by atoms with Crippen LogP contribution in [0.1, 0.15) is 68.2 Å². The van der Waals surface area contributed by atoms with E-state index in [-0.39, 0.29) is 17.1 Å². The van der Waals surface area contributed by atoms with E-state index >= 15 is 0 Å². The van der Waals surface area contributed by atoms with Gasteiger partial charge in [0, 0.05) is 44.1 Å². The Balaban J connectivity index is 1.65. The van der Waals surface area contributed by atoms with Crippen molar-refractivity contribution >= 4 is 17.3 Å². The number of benzene rings is 2. The molecule has 4 nitrogen and oxygen atoms in total. The molecule has 0 unspecified atom stereocenters.